The summed E-state index contributed by atoms with van der Waals surface area (Å²) >= 11 is 0. The van der Waals surface area contributed by atoms with Crippen LogP contribution in [-0.4, -0.2) is 4.98 Å². The lowest BCUT2D eigenvalue weighted by Gasteiger charge is -2.20. The van der Waals surface area contributed by atoms with Crippen LogP contribution in [0.5, 0.6) is 0 Å². The summed E-state index contributed by atoms with van der Waals surface area (Å²) in [5.74, 6) is 0. The van der Waals surface area contributed by atoms with Crippen LogP contribution in [0.15, 0.2) is 191 Å². The van der Waals surface area contributed by atoms with Gasteiger partial charge in [-0.3, -0.25) is 4.98 Å². The minimum atomic E-state index is -3.11. The minimum Gasteiger partial charge on any atom is -0.456 e. The van der Waals surface area contributed by atoms with E-state index in [1.54, 1.807) is 6.20 Å². The molecular weight excluding hydrogens is 657 g/mol. The van der Waals surface area contributed by atoms with E-state index in [4.69, 9.17) is 8.83 Å². The highest BCUT2D eigenvalue weighted by Gasteiger charge is 2.29. The van der Waals surface area contributed by atoms with Gasteiger partial charge in [0.15, 0.2) is 7.14 Å². The van der Waals surface area contributed by atoms with E-state index < -0.39 is 7.14 Å². The highest BCUT2D eigenvalue weighted by atomic mass is 31.2. The summed E-state index contributed by atoms with van der Waals surface area (Å²) in [6.07, 6.45) is 3.67. The fourth-order valence-corrected chi connectivity index (χ4v) is 10.1. The fraction of sp³-hybridized carbons (Fsp3) is 0. The van der Waals surface area contributed by atoms with Gasteiger partial charge in [0.25, 0.3) is 0 Å². The second-order valence-corrected chi connectivity index (χ2v) is 15.9. The molecular formula is C47H30NO3P. The Morgan fingerprint density at radius 1 is 0.365 bits per heavy atom. The van der Waals surface area contributed by atoms with Gasteiger partial charge in [-0.2, -0.15) is 0 Å². The molecule has 5 heteroatoms. The normalized spacial score (nSPS) is 11.9. The molecule has 10 rings (SSSR count). The molecule has 0 unspecified atom stereocenters. The standard InChI is InChI=1S/C47H30NO3P/c49-52(37-11-3-1-4-12-37,38-13-5-2-6-14-38)39-15-7-9-31(25-39)32-16-20-44-40(26-32)41-27-33(17-21-45(41)50-44)34-18-22-46-42(28-34)43-29-35(19-23-47(43)51-46)36-10-8-24-48-30-36/h1-30H. The molecule has 4 nitrogen and oxygen atoms in total. The molecule has 0 fully saturated rings. The highest BCUT2D eigenvalue weighted by Crippen LogP contribution is 2.44. The third-order valence-corrected chi connectivity index (χ3v) is 13.1. The van der Waals surface area contributed by atoms with Gasteiger partial charge in [0.2, 0.25) is 0 Å². The predicted molar refractivity (Wildman–Crippen MR) is 214 cm³/mol. The summed E-state index contributed by atoms with van der Waals surface area (Å²) in [5, 5.41) is 6.66. The number of aromatic nitrogens is 1. The molecule has 10 aromatic rings. The van der Waals surface area contributed by atoms with Gasteiger partial charge in [-0.05, 0) is 88.5 Å². The number of hydrogen-bond donors (Lipinski definition) is 0. The van der Waals surface area contributed by atoms with Crippen LogP contribution in [0, 0.1) is 0 Å². The molecule has 0 amide bonds. The van der Waals surface area contributed by atoms with E-state index in [0.717, 1.165) is 93.2 Å². The van der Waals surface area contributed by atoms with Crippen LogP contribution in [0.25, 0.3) is 77.3 Å². The molecule has 0 aliphatic rings. The number of furan rings is 2. The van der Waals surface area contributed by atoms with Gasteiger partial charge in [0.05, 0.1) is 0 Å². The van der Waals surface area contributed by atoms with Crippen LogP contribution in [0.2, 0.25) is 0 Å². The first-order chi connectivity index (χ1) is 25.6. The zero-order chi connectivity index (χ0) is 34.6. The summed E-state index contributed by atoms with van der Waals surface area (Å²) in [7, 11) is -3.11. The number of fused-ring (bicyclic) bond motifs is 6. The molecule has 0 spiro atoms. The van der Waals surface area contributed by atoms with Gasteiger partial charge in [0, 0.05) is 55.4 Å². The molecule has 0 bridgehead atoms. The number of rotatable bonds is 6. The lowest BCUT2D eigenvalue weighted by atomic mass is 9.98. The largest absolute Gasteiger partial charge is 0.456 e. The summed E-state index contributed by atoms with van der Waals surface area (Å²) in [5.41, 5.74) is 9.76. The Morgan fingerprint density at radius 3 is 1.21 bits per heavy atom. The van der Waals surface area contributed by atoms with Gasteiger partial charge >= 0.3 is 0 Å². The number of hydrogen-bond acceptors (Lipinski definition) is 4. The Balaban J connectivity index is 1.06. The topological polar surface area (TPSA) is 56.2 Å². The van der Waals surface area contributed by atoms with Crippen LogP contribution in [0.4, 0.5) is 0 Å². The molecule has 0 aliphatic heterocycles. The fourth-order valence-electron chi connectivity index (χ4n) is 7.41. The zero-order valence-electron chi connectivity index (χ0n) is 27.9. The summed E-state index contributed by atoms with van der Waals surface area (Å²) in [4.78, 5) is 4.30. The third-order valence-electron chi connectivity index (χ3n) is 10.0. The molecule has 0 aliphatic carbocycles. The number of benzene rings is 7. The first kappa shape index (κ1) is 30.4. The van der Waals surface area contributed by atoms with E-state index in [9.17, 15) is 0 Å². The van der Waals surface area contributed by atoms with Crippen LogP contribution in [0.1, 0.15) is 0 Å². The summed E-state index contributed by atoms with van der Waals surface area (Å²) < 4.78 is 27.7. The summed E-state index contributed by atoms with van der Waals surface area (Å²) in [6.45, 7) is 0. The Labute approximate surface area is 300 Å². The Hall–Kier alpha value is -6.48. The molecule has 7 aromatic carbocycles. The quantitative estimate of drug-likeness (QED) is 0.163. The van der Waals surface area contributed by atoms with Crippen molar-refractivity contribution < 1.29 is 13.4 Å². The van der Waals surface area contributed by atoms with Gasteiger partial charge in [-0.1, -0.05) is 109 Å². The van der Waals surface area contributed by atoms with Crippen molar-refractivity contribution in [1.82, 2.24) is 4.98 Å². The van der Waals surface area contributed by atoms with Gasteiger partial charge in [-0.15, -0.1) is 0 Å². The van der Waals surface area contributed by atoms with Crippen LogP contribution >= 0.6 is 7.14 Å². The molecule has 0 saturated heterocycles. The average Bonchev–Trinajstić information content (AvgIpc) is 3.78. The minimum absolute atomic E-state index is 0.802. The van der Waals surface area contributed by atoms with Crippen molar-refractivity contribution in [3.8, 4) is 33.4 Å². The smallest absolute Gasteiger partial charge is 0.171 e. The third kappa shape index (κ3) is 4.99. The van der Waals surface area contributed by atoms with E-state index in [1.165, 1.54) is 0 Å². The lowest BCUT2D eigenvalue weighted by molar-refractivity contribution is 0.592. The van der Waals surface area contributed by atoms with Crippen molar-refractivity contribution in [2.75, 3.05) is 0 Å². The second-order valence-electron chi connectivity index (χ2n) is 13.1. The van der Waals surface area contributed by atoms with E-state index in [1.807, 2.05) is 97.2 Å². The molecule has 52 heavy (non-hydrogen) atoms. The first-order valence-electron chi connectivity index (χ1n) is 17.3. The average molecular weight is 688 g/mol. The van der Waals surface area contributed by atoms with Crippen molar-refractivity contribution in [2.24, 2.45) is 0 Å². The highest BCUT2D eigenvalue weighted by molar-refractivity contribution is 7.85. The SMILES string of the molecule is O=P(c1ccccc1)(c1ccccc1)c1cccc(-c2ccc3oc4ccc(-c5ccc6oc7ccc(-c8cccnc8)cc7c6c5)cc4c3c2)c1. The van der Waals surface area contributed by atoms with Crippen molar-refractivity contribution in [3.63, 3.8) is 0 Å². The number of nitrogens with zero attached hydrogens (tertiary/aromatic N) is 1. The predicted octanol–water partition coefficient (Wildman–Crippen LogP) is 11.5. The molecule has 3 aromatic heterocycles. The molecule has 0 saturated carbocycles. The van der Waals surface area contributed by atoms with E-state index >= 15 is 4.57 Å². The van der Waals surface area contributed by atoms with Crippen molar-refractivity contribution in [3.05, 3.63) is 182 Å². The molecule has 0 N–H and O–H groups in total. The monoisotopic (exact) mass is 687 g/mol. The maximum atomic E-state index is 15.1. The van der Waals surface area contributed by atoms with Gasteiger partial charge in [0.1, 0.15) is 22.3 Å². The van der Waals surface area contributed by atoms with E-state index in [2.05, 4.69) is 83.8 Å². The van der Waals surface area contributed by atoms with E-state index in [-0.39, 0.29) is 0 Å². The molecule has 0 atom stereocenters. The zero-order valence-corrected chi connectivity index (χ0v) is 28.8. The van der Waals surface area contributed by atoms with E-state index in [0.29, 0.717) is 0 Å². The summed E-state index contributed by atoms with van der Waals surface area (Å²) in [6, 6.07) is 57.2. The van der Waals surface area contributed by atoms with Crippen LogP contribution < -0.4 is 15.9 Å². The second kappa shape index (κ2) is 12.1. The molecule has 3 heterocycles. The maximum Gasteiger partial charge on any atom is 0.171 e. The van der Waals surface area contributed by atoms with Crippen molar-refractivity contribution >= 4 is 66.9 Å². The Kier molecular flexibility index (Phi) is 7.06. The van der Waals surface area contributed by atoms with Gasteiger partial charge in [-0.25, -0.2) is 0 Å². The van der Waals surface area contributed by atoms with Crippen LogP contribution in [-0.2, 0) is 4.57 Å². The molecule has 246 valence electrons. The Bertz CT molecular complexity index is 2940. The van der Waals surface area contributed by atoms with Crippen molar-refractivity contribution in [2.45, 2.75) is 0 Å². The first-order valence-corrected chi connectivity index (χ1v) is 19.0. The number of pyridine rings is 1. The van der Waals surface area contributed by atoms with Gasteiger partial charge < -0.3 is 13.4 Å². The molecule has 0 radical (unpaired) electrons. The lowest BCUT2D eigenvalue weighted by Crippen LogP contribution is -2.25. The maximum absolute atomic E-state index is 15.1. The van der Waals surface area contributed by atoms with Crippen molar-refractivity contribution in [1.29, 1.82) is 0 Å². The van der Waals surface area contributed by atoms with Crippen LogP contribution in [0.3, 0.4) is 0 Å². The Morgan fingerprint density at radius 2 is 0.769 bits per heavy atom.